The van der Waals surface area contributed by atoms with Crippen LogP contribution in [0.4, 0.5) is 0 Å². The molecule has 0 aliphatic heterocycles. The average molecular weight is 138 g/mol. The van der Waals surface area contributed by atoms with Crippen LogP contribution in [0.5, 0.6) is 0 Å². The molecule has 0 aliphatic rings. The molecular formula is C9H7LiO. The summed E-state index contributed by atoms with van der Waals surface area (Å²) in [5.74, 6) is 5.19. The molecule has 0 heterocycles. The van der Waals surface area contributed by atoms with Crippen molar-refractivity contribution in [3.63, 3.8) is 0 Å². The summed E-state index contributed by atoms with van der Waals surface area (Å²) in [5.41, 5.74) is 0.901. The Morgan fingerprint density at radius 2 is 1.82 bits per heavy atom. The number of hydrogen-bond donors (Lipinski definition) is 0. The van der Waals surface area contributed by atoms with Crippen LogP contribution in [-0.4, -0.2) is 6.61 Å². The summed E-state index contributed by atoms with van der Waals surface area (Å²) in [6, 6.07) is 9.47. The van der Waals surface area contributed by atoms with Crippen molar-refractivity contribution < 1.29 is 24.0 Å². The largest absolute Gasteiger partial charge is 1.00 e. The molecule has 11 heavy (non-hydrogen) atoms. The van der Waals surface area contributed by atoms with Gasteiger partial charge < -0.3 is 5.11 Å². The molecule has 1 aromatic rings. The number of benzene rings is 1. The molecule has 1 aromatic carbocycles. The Kier molecular flexibility index (Phi) is 5.71. The van der Waals surface area contributed by atoms with Crippen molar-refractivity contribution in [1.29, 1.82) is 0 Å². The van der Waals surface area contributed by atoms with Crippen molar-refractivity contribution in [2.45, 2.75) is 0 Å². The molecule has 0 N–H and O–H groups in total. The summed E-state index contributed by atoms with van der Waals surface area (Å²) in [5, 5.41) is 9.93. The van der Waals surface area contributed by atoms with Gasteiger partial charge in [-0.25, -0.2) is 0 Å². The normalized spacial score (nSPS) is 7.36. The van der Waals surface area contributed by atoms with Gasteiger partial charge in [0.25, 0.3) is 0 Å². The second-order valence-electron chi connectivity index (χ2n) is 1.81. The molecule has 0 unspecified atom stereocenters. The molecule has 0 saturated carbocycles. The van der Waals surface area contributed by atoms with E-state index >= 15 is 0 Å². The molecule has 0 fully saturated rings. The topological polar surface area (TPSA) is 23.1 Å². The second-order valence-corrected chi connectivity index (χ2v) is 1.81. The summed E-state index contributed by atoms with van der Waals surface area (Å²) >= 11 is 0. The second kappa shape index (κ2) is 6.07. The van der Waals surface area contributed by atoms with E-state index in [-0.39, 0.29) is 25.5 Å². The van der Waals surface area contributed by atoms with Gasteiger partial charge in [-0.05, 0) is 12.1 Å². The average Bonchev–Trinajstić information content (AvgIpc) is 2.03. The smallest absolute Gasteiger partial charge is 0.845 e. The summed E-state index contributed by atoms with van der Waals surface area (Å²) in [7, 11) is 0. The molecule has 2 heteroatoms. The van der Waals surface area contributed by atoms with Crippen molar-refractivity contribution in [2.24, 2.45) is 0 Å². The minimum absolute atomic E-state index is 0. The number of rotatable bonds is 0. The van der Waals surface area contributed by atoms with Crippen LogP contribution in [0.25, 0.3) is 0 Å². The molecule has 0 spiro atoms. The predicted molar refractivity (Wildman–Crippen MR) is 38.2 cm³/mol. The molecule has 0 radical (unpaired) electrons. The summed E-state index contributed by atoms with van der Waals surface area (Å²) in [6.07, 6.45) is 0. The molecule has 0 aromatic heterocycles. The van der Waals surface area contributed by atoms with E-state index in [0.717, 1.165) is 5.56 Å². The van der Waals surface area contributed by atoms with Crippen LogP contribution in [-0.2, 0) is 0 Å². The zero-order valence-corrected chi connectivity index (χ0v) is 6.50. The van der Waals surface area contributed by atoms with Crippen LogP contribution < -0.4 is 24.0 Å². The minimum Gasteiger partial charge on any atom is -0.845 e. The van der Waals surface area contributed by atoms with Gasteiger partial charge in [0.05, 0.1) is 0 Å². The van der Waals surface area contributed by atoms with E-state index in [1.54, 1.807) is 0 Å². The fraction of sp³-hybridized carbons (Fsp3) is 0.111. The SMILES string of the molecule is [Li+].[O-]CC#Cc1ccccc1. The predicted octanol–water partition coefficient (Wildman–Crippen LogP) is -2.60. The van der Waals surface area contributed by atoms with Crippen LogP contribution in [0.1, 0.15) is 5.56 Å². The maximum Gasteiger partial charge on any atom is 1.00 e. The van der Waals surface area contributed by atoms with E-state index in [2.05, 4.69) is 11.8 Å². The Balaban J connectivity index is 0.000001000. The van der Waals surface area contributed by atoms with E-state index < -0.39 is 0 Å². The minimum atomic E-state index is -0.325. The molecule has 0 aliphatic carbocycles. The van der Waals surface area contributed by atoms with Crippen LogP contribution in [0, 0.1) is 11.8 Å². The Morgan fingerprint density at radius 1 is 1.18 bits per heavy atom. The van der Waals surface area contributed by atoms with Crippen LogP contribution in [0.3, 0.4) is 0 Å². The van der Waals surface area contributed by atoms with Gasteiger partial charge in [-0.2, -0.15) is 0 Å². The van der Waals surface area contributed by atoms with Crippen molar-refractivity contribution in [3.05, 3.63) is 35.9 Å². The Hall–Kier alpha value is -0.663. The molecule has 50 valence electrons. The van der Waals surface area contributed by atoms with Crippen LogP contribution in [0.15, 0.2) is 30.3 Å². The zero-order valence-electron chi connectivity index (χ0n) is 6.50. The first kappa shape index (κ1) is 10.3. The van der Waals surface area contributed by atoms with Crippen LogP contribution in [0.2, 0.25) is 0 Å². The van der Waals surface area contributed by atoms with Crippen molar-refractivity contribution in [3.8, 4) is 11.8 Å². The van der Waals surface area contributed by atoms with Gasteiger partial charge in [-0.15, -0.1) is 5.92 Å². The third kappa shape index (κ3) is 3.91. The fourth-order valence-electron chi connectivity index (χ4n) is 0.660. The molecule has 1 rings (SSSR count). The molecule has 0 amide bonds. The maximum atomic E-state index is 9.93. The molecule has 1 nitrogen and oxygen atoms in total. The monoisotopic (exact) mass is 138 g/mol. The van der Waals surface area contributed by atoms with Crippen LogP contribution >= 0.6 is 0 Å². The number of hydrogen-bond acceptors (Lipinski definition) is 1. The third-order valence-corrected chi connectivity index (χ3v) is 1.08. The Labute approximate surface area is 78.6 Å². The van der Waals surface area contributed by atoms with E-state index in [1.807, 2.05) is 30.3 Å². The maximum absolute atomic E-state index is 9.93. The van der Waals surface area contributed by atoms with Gasteiger partial charge in [0.1, 0.15) is 0 Å². The van der Waals surface area contributed by atoms with Gasteiger partial charge in [0.15, 0.2) is 0 Å². The molecule has 0 bridgehead atoms. The Bertz CT molecular complexity index is 245. The summed E-state index contributed by atoms with van der Waals surface area (Å²) < 4.78 is 0. The third-order valence-electron chi connectivity index (χ3n) is 1.08. The standard InChI is InChI=1S/C9H7O.Li/c10-8-4-7-9-5-2-1-3-6-9;/h1-3,5-6H,8H2;/q-1;+1. The van der Waals surface area contributed by atoms with Gasteiger partial charge in [-0.3, -0.25) is 0 Å². The molecular weight excluding hydrogens is 131 g/mol. The first-order chi connectivity index (χ1) is 4.93. The van der Waals surface area contributed by atoms with Crippen molar-refractivity contribution >= 4 is 0 Å². The van der Waals surface area contributed by atoms with Gasteiger partial charge in [0, 0.05) is 5.56 Å². The summed E-state index contributed by atoms with van der Waals surface area (Å²) in [6.45, 7) is -0.325. The van der Waals surface area contributed by atoms with Crippen molar-refractivity contribution in [1.82, 2.24) is 0 Å². The molecule has 0 saturated heterocycles. The Morgan fingerprint density at radius 3 is 2.36 bits per heavy atom. The first-order valence-electron chi connectivity index (χ1n) is 3.05. The van der Waals surface area contributed by atoms with E-state index in [1.165, 1.54) is 0 Å². The quantitative estimate of drug-likeness (QED) is 0.285. The molecule has 0 atom stereocenters. The zero-order chi connectivity index (χ0) is 7.23. The van der Waals surface area contributed by atoms with Crippen molar-refractivity contribution in [2.75, 3.05) is 6.61 Å². The fourth-order valence-corrected chi connectivity index (χ4v) is 0.660. The summed E-state index contributed by atoms with van der Waals surface area (Å²) in [4.78, 5) is 0. The van der Waals surface area contributed by atoms with E-state index in [4.69, 9.17) is 0 Å². The van der Waals surface area contributed by atoms with Gasteiger partial charge >= 0.3 is 18.9 Å². The van der Waals surface area contributed by atoms with E-state index in [0.29, 0.717) is 0 Å². The van der Waals surface area contributed by atoms with E-state index in [9.17, 15) is 5.11 Å². The van der Waals surface area contributed by atoms with Gasteiger partial charge in [-0.1, -0.05) is 30.7 Å². The van der Waals surface area contributed by atoms with Gasteiger partial charge in [0.2, 0.25) is 0 Å². The first-order valence-corrected chi connectivity index (χ1v) is 3.05.